The minimum Gasteiger partial charge on any atom is -0.346 e. The van der Waals surface area contributed by atoms with Crippen molar-refractivity contribution >= 4 is 29.1 Å². The standard InChI is InChI=1S/C22H32N2O4/c1-4-5-15-24(3)22(28)8-6-7-21(27)23-19-12-9-18(10-13-19)11-14-20(26)16-17(2)25/h9-10,12-13H,4-8,11,14-16H2,1-3H3,(H,23,27). The summed E-state index contributed by atoms with van der Waals surface area (Å²) in [6.07, 6.45) is 4.15. The van der Waals surface area contributed by atoms with Gasteiger partial charge in [-0.2, -0.15) is 0 Å². The molecule has 0 aliphatic carbocycles. The number of hydrogen-bond donors (Lipinski definition) is 1. The molecule has 0 radical (unpaired) electrons. The molecule has 0 aromatic heterocycles. The Morgan fingerprint density at radius 1 is 0.964 bits per heavy atom. The van der Waals surface area contributed by atoms with Gasteiger partial charge in [-0.1, -0.05) is 25.5 Å². The summed E-state index contributed by atoms with van der Waals surface area (Å²) in [5.74, 6) is -0.213. The molecule has 0 heterocycles. The van der Waals surface area contributed by atoms with E-state index in [1.807, 2.05) is 12.1 Å². The molecular formula is C22H32N2O4. The summed E-state index contributed by atoms with van der Waals surface area (Å²) < 4.78 is 0. The van der Waals surface area contributed by atoms with E-state index >= 15 is 0 Å². The van der Waals surface area contributed by atoms with Crippen LogP contribution in [0.5, 0.6) is 0 Å². The van der Waals surface area contributed by atoms with Gasteiger partial charge in [-0.05, 0) is 43.9 Å². The molecule has 2 amide bonds. The normalized spacial score (nSPS) is 10.4. The maximum Gasteiger partial charge on any atom is 0.224 e. The SMILES string of the molecule is CCCCN(C)C(=O)CCCC(=O)Nc1ccc(CCC(=O)CC(C)=O)cc1. The molecule has 0 bridgehead atoms. The molecule has 0 spiro atoms. The highest BCUT2D eigenvalue weighted by Crippen LogP contribution is 2.13. The van der Waals surface area contributed by atoms with Crippen LogP contribution >= 0.6 is 0 Å². The molecule has 6 nitrogen and oxygen atoms in total. The molecule has 0 unspecified atom stereocenters. The lowest BCUT2D eigenvalue weighted by atomic mass is 10.0. The molecule has 1 aromatic carbocycles. The fourth-order valence-electron chi connectivity index (χ4n) is 2.74. The third-order valence-electron chi connectivity index (χ3n) is 4.44. The van der Waals surface area contributed by atoms with Crippen LogP contribution < -0.4 is 5.32 Å². The summed E-state index contributed by atoms with van der Waals surface area (Å²) in [7, 11) is 1.80. The first-order chi connectivity index (χ1) is 13.3. The van der Waals surface area contributed by atoms with Crippen LogP contribution in [0.3, 0.4) is 0 Å². The molecule has 0 saturated heterocycles. The first-order valence-corrected chi connectivity index (χ1v) is 9.95. The number of carbonyl (C=O) groups excluding carboxylic acids is 4. The number of anilines is 1. The van der Waals surface area contributed by atoms with Crippen LogP contribution in [-0.4, -0.2) is 41.9 Å². The van der Waals surface area contributed by atoms with E-state index in [1.165, 1.54) is 6.92 Å². The highest BCUT2D eigenvalue weighted by Gasteiger charge is 2.10. The van der Waals surface area contributed by atoms with Crippen molar-refractivity contribution in [3.05, 3.63) is 29.8 Å². The molecule has 28 heavy (non-hydrogen) atoms. The monoisotopic (exact) mass is 388 g/mol. The predicted octanol–water partition coefficient (Wildman–Crippen LogP) is 3.53. The van der Waals surface area contributed by atoms with E-state index < -0.39 is 0 Å². The van der Waals surface area contributed by atoms with Crippen LogP contribution in [0.25, 0.3) is 0 Å². The average molecular weight is 389 g/mol. The lowest BCUT2D eigenvalue weighted by Gasteiger charge is -2.16. The second-order valence-electron chi connectivity index (χ2n) is 7.18. The largest absolute Gasteiger partial charge is 0.346 e. The Morgan fingerprint density at radius 3 is 2.25 bits per heavy atom. The predicted molar refractivity (Wildman–Crippen MR) is 110 cm³/mol. The summed E-state index contributed by atoms with van der Waals surface area (Å²) in [5, 5.41) is 2.82. The second-order valence-corrected chi connectivity index (χ2v) is 7.18. The van der Waals surface area contributed by atoms with Gasteiger partial charge in [0.15, 0.2) is 0 Å². The first-order valence-electron chi connectivity index (χ1n) is 9.95. The zero-order chi connectivity index (χ0) is 20.9. The third kappa shape index (κ3) is 10.00. The van der Waals surface area contributed by atoms with Crippen LogP contribution in [0.15, 0.2) is 24.3 Å². The Kier molecular flexibility index (Phi) is 10.8. The number of nitrogens with one attached hydrogen (secondary N) is 1. The highest BCUT2D eigenvalue weighted by atomic mass is 16.2. The minimum atomic E-state index is -0.117. The van der Waals surface area contributed by atoms with Gasteiger partial charge in [-0.15, -0.1) is 0 Å². The van der Waals surface area contributed by atoms with Gasteiger partial charge in [0.25, 0.3) is 0 Å². The maximum absolute atomic E-state index is 12.0. The van der Waals surface area contributed by atoms with Gasteiger partial charge < -0.3 is 10.2 Å². The van der Waals surface area contributed by atoms with Gasteiger partial charge in [0, 0.05) is 38.5 Å². The molecule has 1 aromatic rings. The fraction of sp³-hybridized carbons (Fsp3) is 0.545. The van der Waals surface area contributed by atoms with Crippen LogP contribution in [-0.2, 0) is 25.6 Å². The van der Waals surface area contributed by atoms with Crippen molar-refractivity contribution in [3.8, 4) is 0 Å². The first kappa shape index (κ1) is 23.5. The molecular weight excluding hydrogens is 356 g/mol. The van der Waals surface area contributed by atoms with Gasteiger partial charge in [0.2, 0.25) is 11.8 Å². The summed E-state index contributed by atoms with van der Waals surface area (Å²) in [4.78, 5) is 48.2. The number of Topliss-reactive ketones (excluding diaryl/α,β-unsaturated/α-hetero) is 2. The van der Waals surface area contributed by atoms with Crippen molar-refractivity contribution in [2.75, 3.05) is 18.9 Å². The topological polar surface area (TPSA) is 83.6 Å². The molecule has 0 aliphatic heterocycles. The van der Waals surface area contributed by atoms with Gasteiger partial charge in [-0.3, -0.25) is 19.2 Å². The molecule has 6 heteroatoms. The van der Waals surface area contributed by atoms with Crippen molar-refractivity contribution in [2.24, 2.45) is 0 Å². The van der Waals surface area contributed by atoms with Crippen LogP contribution in [0, 0.1) is 0 Å². The maximum atomic E-state index is 12.0. The van der Waals surface area contributed by atoms with Crippen molar-refractivity contribution in [1.82, 2.24) is 4.90 Å². The number of hydrogen-bond acceptors (Lipinski definition) is 4. The summed E-state index contributed by atoms with van der Waals surface area (Å²) >= 11 is 0. The smallest absolute Gasteiger partial charge is 0.224 e. The van der Waals surface area contributed by atoms with Crippen LogP contribution in [0.1, 0.15) is 64.4 Å². The fourth-order valence-corrected chi connectivity index (χ4v) is 2.74. The number of ketones is 2. The highest BCUT2D eigenvalue weighted by molar-refractivity contribution is 5.98. The quantitative estimate of drug-likeness (QED) is 0.524. The number of rotatable bonds is 13. The summed E-state index contributed by atoms with van der Waals surface area (Å²) in [6, 6.07) is 7.32. The Bertz CT molecular complexity index is 668. The Hall–Kier alpha value is -2.50. The molecule has 0 atom stereocenters. The van der Waals surface area contributed by atoms with E-state index in [0.717, 1.165) is 24.9 Å². The van der Waals surface area contributed by atoms with Gasteiger partial charge in [0.05, 0.1) is 6.42 Å². The number of carbonyl (C=O) groups is 4. The van der Waals surface area contributed by atoms with Crippen molar-refractivity contribution in [2.45, 2.75) is 65.2 Å². The lowest BCUT2D eigenvalue weighted by Crippen LogP contribution is -2.27. The van der Waals surface area contributed by atoms with Crippen molar-refractivity contribution in [1.29, 1.82) is 0 Å². The number of unbranched alkanes of at least 4 members (excludes halogenated alkanes) is 1. The Labute approximate surface area is 167 Å². The number of benzene rings is 1. The van der Waals surface area contributed by atoms with E-state index in [9.17, 15) is 19.2 Å². The Morgan fingerprint density at radius 2 is 1.64 bits per heavy atom. The number of nitrogens with zero attached hydrogens (tertiary/aromatic N) is 1. The summed E-state index contributed by atoms with van der Waals surface area (Å²) in [5.41, 5.74) is 1.67. The average Bonchev–Trinajstić information content (AvgIpc) is 2.64. The zero-order valence-corrected chi connectivity index (χ0v) is 17.3. The van der Waals surface area contributed by atoms with Crippen LogP contribution in [0.2, 0.25) is 0 Å². The molecule has 0 fully saturated rings. The number of aryl methyl sites for hydroxylation is 1. The van der Waals surface area contributed by atoms with E-state index in [1.54, 1.807) is 24.1 Å². The van der Waals surface area contributed by atoms with Gasteiger partial charge >= 0.3 is 0 Å². The molecule has 1 rings (SSSR count). The van der Waals surface area contributed by atoms with E-state index in [4.69, 9.17) is 0 Å². The second kappa shape index (κ2) is 12.8. The van der Waals surface area contributed by atoms with Gasteiger partial charge in [0.1, 0.15) is 11.6 Å². The van der Waals surface area contributed by atoms with Crippen molar-refractivity contribution in [3.63, 3.8) is 0 Å². The molecule has 0 aliphatic rings. The lowest BCUT2D eigenvalue weighted by molar-refractivity contribution is -0.130. The third-order valence-corrected chi connectivity index (χ3v) is 4.44. The van der Waals surface area contributed by atoms with E-state index in [-0.39, 0.29) is 29.8 Å². The zero-order valence-electron chi connectivity index (χ0n) is 17.3. The van der Waals surface area contributed by atoms with Crippen LogP contribution in [0.4, 0.5) is 5.69 Å². The molecule has 1 N–H and O–H groups in total. The van der Waals surface area contributed by atoms with E-state index in [2.05, 4.69) is 12.2 Å². The Balaban J connectivity index is 2.31. The van der Waals surface area contributed by atoms with Crippen molar-refractivity contribution < 1.29 is 19.2 Å². The van der Waals surface area contributed by atoms with E-state index in [0.29, 0.717) is 37.8 Å². The van der Waals surface area contributed by atoms with Gasteiger partial charge in [-0.25, -0.2) is 0 Å². The minimum absolute atomic E-state index is 0.00889. The molecule has 0 saturated carbocycles. The molecule has 154 valence electrons. The number of amides is 2. The summed E-state index contributed by atoms with van der Waals surface area (Å²) in [6.45, 7) is 4.26.